The molecule has 0 bridgehead atoms. The van der Waals surface area contributed by atoms with Crippen molar-refractivity contribution in [3.8, 4) is 6.07 Å². The van der Waals surface area contributed by atoms with Crippen LogP contribution in [-0.4, -0.2) is 23.6 Å². The van der Waals surface area contributed by atoms with Crippen molar-refractivity contribution in [2.24, 2.45) is 5.73 Å². The highest BCUT2D eigenvalue weighted by atomic mass is 35.5. The Kier molecular flexibility index (Phi) is 6.84. The van der Waals surface area contributed by atoms with Gasteiger partial charge in [-0.3, -0.25) is 14.2 Å². The number of nitrogens with two attached hydrogens (primary N) is 1. The molecule has 0 saturated heterocycles. The first-order valence-corrected chi connectivity index (χ1v) is 12.0. The minimum atomic E-state index is -0.945. The number of fused-ring (bicyclic) bond motifs is 1. The van der Waals surface area contributed by atoms with Crippen molar-refractivity contribution in [2.75, 3.05) is 12.4 Å². The number of aromatic nitrogens is 1. The highest BCUT2D eigenvalue weighted by Crippen LogP contribution is 2.39. The summed E-state index contributed by atoms with van der Waals surface area (Å²) in [7, 11) is 1.19. The minimum absolute atomic E-state index is 0.00776. The van der Waals surface area contributed by atoms with Crippen LogP contribution in [0.15, 0.2) is 52.8 Å². The quantitative estimate of drug-likeness (QED) is 0.508. The van der Waals surface area contributed by atoms with E-state index in [0.29, 0.717) is 16.3 Å². The van der Waals surface area contributed by atoms with E-state index < -0.39 is 23.4 Å². The van der Waals surface area contributed by atoms with Crippen molar-refractivity contribution in [1.82, 2.24) is 4.57 Å². The fourth-order valence-corrected chi connectivity index (χ4v) is 5.35. The molecular formula is C26H21ClN4O4S. The van der Waals surface area contributed by atoms with Gasteiger partial charge in [-0.05, 0) is 48.7 Å². The Morgan fingerprint density at radius 3 is 2.58 bits per heavy atom. The van der Waals surface area contributed by atoms with Gasteiger partial charge in [0.1, 0.15) is 15.0 Å². The molecular weight excluding hydrogens is 500 g/mol. The molecule has 0 fully saturated rings. The summed E-state index contributed by atoms with van der Waals surface area (Å²) in [4.78, 5) is 38.9. The van der Waals surface area contributed by atoms with Gasteiger partial charge >= 0.3 is 5.97 Å². The number of thiazole rings is 1. The molecule has 182 valence electrons. The lowest BCUT2D eigenvalue weighted by Crippen LogP contribution is -2.41. The zero-order valence-corrected chi connectivity index (χ0v) is 21.2. The monoisotopic (exact) mass is 520 g/mol. The molecule has 3 aromatic rings. The average molecular weight is 521 g/mol. The normalized spacial score (nSPS) is 15.4. The van der Waals surface area contributed by atoms with Crippen LogP contribution in [0.1, 0.15) is 22.6 Å². The van der Waals surface area contributed by atoms with E-state index in [2.05, 4.69) is 16.1 Å². The summed E-state index contributed by atoms with van der Waals surface area (Å²) in [6.07, 6.45) is 1.03. The molecule has 0 saturated carbocycles. The lowest BCUT2D eigenvalue weighted by Gasteiger charge is -2.26. The van der Waals surface area contributed by atoms with Gasteiger partial charge in [0.15, 0.2) is 0 Å². The second kappa shape index (κ2) is 9.85. The fourth-order valence-electron chi connectivity index (χ4n) is 3.97. The van der Waals surface area contributed by atoms with Crippen LogP contribution >= 0.6 is 22.9 Å². The van der Waals surface area contributed by atoms with Gasteiger partial charge in [0, 0.05) is 16.8 Å². The van der Waals surface area contributed by atoms with Gasteiger partial charge in [-0.2, -0.15) is 5.26 Å². The smallest absolute Gasteiger partial charge is 0.332 e. The Morgan fingerprint density at radius 1 is 1.22 bits per heavy atom. The van der Waals surface area contributed by atoms with Gasteiger partial charge in [0.25, 0.3) is 11.5 Å². The lowest BCUT2D eigenvalue weighted by atomic mass is 9.83. The number of rotatable bonds is 4. The second-order valence-corrected chi connectivity index (χ2v) is 9.55. The van der Waals surface area contributed by atoms with Crippen LogP contribution < -0.4 is 25.8 Å². The molecule has 1 atom stereocenters. The first-order valence-electron chi connectivity index (χ1n) is 10.8. The Morgan fingerprint density at radius 2 is 1.94 bits per heavy atom. The molecule has 1 aliphatic heterocycles. The van der Waals surface area contributed by atoms with E-state index in [0.717, 1.165) is 33.1 Å². The topological polar surface area (TPSA) is 127 Å². The number of allylic oxidation sites excluding steroid dienone is 1. The van der Waals surface area contributed by atoms with Crippen LogP contribution in [0.3, 0.4) is 0 Å². The van der Waals surface area contributed by atoms with Crippen LogP contribution in [0, 0.1) is 25.2 Å². The maximum absolute atomic E-state index is 13.8. The number of amides is 1. The molecule has 0 aliphatic carbocycles. The summed E-state index contributed by atoms with van der Waals surface area (Å²) in [6, 6.07) is 14.3. The number of anilines is 1. The fraction of sp³-hybridized carbons (Fsp3) is 0.154. The summed E-state index contributed by atoms with van der Waals surface area (Å²) in [5.41, 5.74) is 8.84. The van der Waals surface area contributed by atoms with Gasteiger partial charge in [-0.25, -0.2) is 4.79 Å². The molecule has 2 heterocycles. The summed E-state index contributed by atoms with van der Waals surface area (Å²) in [5.74, 6) is -2.36. The van der Waals surface area contributed by atoms with Crippen molar-refractivity contribution in [3.05, 3.63) is 89.3 Å². The Labute approximate surface area is 215 Å². The maximum atomic E-state index is 13.8. The molecule has 1 amide bonds. The van der Waals surface area contributed by atoms with Crippen LogP contribution in [0.4, 0.5) is 5.69 Å². The van der Waals surface area contributed by atoms with E-state index in [1.54, 1.807) is 30.3 Å². The van der Waals surface area contributed by atoms with Gasteiger partial charge < -0.3 is 15.8 Å². The summed E-state index contributed by atoms with van der Waals surface area (Å²) in [5, 5.41) is 13.3. The predicted molar refractivity (Wildman–Crippen MR) is 139 cm³/mol. The number of halogens is 1. The number of carbonyl (C=O) groups excluding carboxylic acids is 2. The summed E-state index contributed by atoms with van der Waals surface area (Å²) in [6.45, 7) is 3.88. The van der Waals surface area contributed by atoms with E-state index in [1.807, 2.05) is 26.0 Å². The van der Waals surface area contributed by atoms with Crippen LogP contribution in [0.2, 0.25) is 5.02 Å². The first kappa shape index (κ1) is 25.0. The Bertz CT molecular complexity index is 1680. The van der Waals surface area contributed by atoms with E-state index in [-0.39, 0.29) is 26.2 Å². The number of nitriles is 1. The van der Waals surface area contributed by atoms with Crippen LogP contribution in [0.5, 0.6) is 0 Å². The van der Waals surface area contributed by atoms with E-state index >= 15 is 0 Å². The highest BCUT2D eigenvalue weighted by molar-refractivity contribution is 7.07. The van der Waals surface area contributed by atoms with Gasteiger partial charge in [-0.1, -0.05) is 35.9 Å². The molecule has 36 heavy (non-hydrogen) atoms. The number of aryl methyl sites for hydroxylation is 2. The number of methoxy groups -OCH3 is 1. The number of benzene rings is 2. The number of nitrogens with one attached hydrogen (secondary N) is 1. The number of hydrogen-bond acceptors (Lipinski definition) is 7. The van der Waals surface area contributed by atoms with Crippen molar-refractivity contribution in [3.63, 3.8) is 0 Å². The first-order chi connectivity index (χ1) is 17.2. The Hall–Kier alpha value is -4.13. The van der Waals surface area contributed by atoms with Crippen LogP contribution in [0.25, 0.3) is 17.5 Å². The van der Waals surface area contributed by atoms with Crippen molar-refractivity contribution in [2.45, 2.75) is 19.8 Å². The average Bonchev–Trinajstić information content (AvgIpc) is 3.17. The van der Waals surface area contributed by atoms with E-state index in [1.165, 1.54) is 7.11 Å². The molecule has 0 spiro atoms. The molecule has 2 aromatic carbocycles. The number of hydrogen-bond donors (Lipinski definition) is 2. The molecule has 4 rings (SSSR count). The number of nitrogens with zero attached hydrogens (tertiary/aromatic N) is 2. The van der Waals surface area contributed by atoms with E-state index in [4.69, 9.17) is 17.3 Å². The largest absolute Gasteiger partial charge is 0.466 e. The number of carbonyl (C=O) groups is 2. The zero-order chi connectivity index (χ0) is 26.1. The predicted octanol–water partition coefficient (Wildman–Crippen LogP) is 2.37. The third-order valence-electron chi connectivity index (χ3n) is 5.94. The van der Waals surface area contributed by atoms with Crippen molar-refractivity contribution in [1.29, 1.82) is 5.26 Å². The lowest BCUT2D eigenvalue weighted by molar-refractivity contribution is -0.133. The molecule has 3 N–H and O–H groups in total. The van der Waals surface area contributed by atoms with Gasteiger partial charge in [0.05, 0.1) is 30.2 Å². The zero-order valence-electron chi connectivity index (χ0n) is 19.6. The van der Waals surface area contributed by atoms with Crippen molar-refractivity contribution >= 4 is 58.0 Å². The highest BCUT2D eigenvalue weighted by Gasteiger charge is 2.36. The number of esters is 1. The molecule has 1 aromatic heterocycles. The van der Waals surface area contributed by atoms with Crippen molar-refractivity contribution < 1.29 is 14.3 Å². The standard InChI is InChI=1S/C26H21ClN4O4S/c1-13-8-9-15(10-14(13)2)30-24(33)22-21(16-6-4-5-7-18(16)27)17(12-28)23(29)31-25(34)19(36-26(22)31)11-20(32)35-3/h4-11,21H,29H2,1-3H3,(H,30,33)/b19-11-/t21-/m1/s1. The maximum Gasteiger partial charge on any atom is 0.332 e. The van der Waals surface area contributed by atoms with Crippen LogP contribution in [-0.2, 0) is 14.3 Å². The van der Waals surface area contributed by atoms with E-state index in [9.17, 15) is 19.6 Å². The minimum Gasteiger partial charge on any atom is -0.466 e. The SMILES string of the molecule is COC(=O)/C=c1\sc2n(c1=O)C(N)=C(C#N)[C@@H](c1ccccc1Cl)C=2C(=O)Nc1ccc(C)c(C)c1. The van der Waals surface area contributed by atoms with Gasteiger partial charge in [0.2, 0.25) is 0 Å². The summed E-state index contributed by atoms with van der Waals surface area (Å²) < 4.78 is 5.94. The number of ether oxygens (including phenoxy) is 1. The summed E-state index contributed by atoms with van der Waals surface area (Å²) >= 11 is 7.41. The van der Waals surface area contributed by atoms with Gasteiger partial charge in [-0.15, -0.1) is 11.3 Å². The molecule has 0 unspecified atom stereocenters. The molecule has 0 radical (unpaired) electrons. The third-order valence-corrected chi connectivity index (χ3v) is 7.40. The molecule has 10 heteroatoms. The Balaban J connectivity index is 2.06. The third kappa shape index (κ3) is 4.33. The molecule has 8 nitrogen and oxygen atoms in total. The molecule has 1 aliphatic rings. The second-order valence-electron chi connectivity index (χ2n) is 8.11.